The van der Waals surface area contributed by atoms with E-state index in [1.54, 1.807) is 20.9 Å². The van der Waals surface area contributed by atoms with Gasteiger partial charge in [-0.15, -0.1) is 0 Å². The van der Waals surface area contributed by atoms with E-state index < -0.39 is 5.54 Å². The van der Waals surface area contributed by atoms with Crippen molar-refractivity contribution in [2.24, 2.45) is 0 Å². The van der Waals surface area contributed by atoms with Gasteiger partial charge in [0.2, 0.25) is 5.91 Å². The number of carbonyl (C=O) groups is 1. The van der Waals surface area contributed by atoms with E-state index in [1.165, 1.54) is 0 Å². The van der Waals surface area contributed by atoms with Crippen molar-refractivity contribution in [2.75, 3.05) is 13.7 Å². The van der Waals surface area contributed by atoms with Crippen molar-refractivity contribution in [3.63, 3.8) is 0 Å². The molecule has 4 heteroatoms. The maximum absolute atomic E-state index is 12.0. The first kappa shape index (κ1) is 13.7. The maximum atomic E-state index is 12.0. The second-order valence-corrected chi connectivity index (χ2v) is 4.49. The van der Waals surface area contributed by atoms with Gasteiger partial charge < -0.3 is 15.7 Å². The fraction of sp³-hybridized carbons (Fsp3) is 0.462. The minimum absolute atomic E-state index is 0.116. The number of rotatable bonds is 5. The van der Waals surface area contributed by atoms with Crippen LogP contribution in [0.3, 0.4) is 0 Å². The average molecular weight is 236 g/mol. The lowest BCUT2D eigenvalue weighted by atomic mass is 10.0. The highest BCUT2D eigenvalue weighted by Crippen LogP contribution is 2.13. The van der Waals surface area contributed by atoms with Gasteiger partial charge in [0.15, 0.2) is 0 Å². The van der Waals surface area contributed by atoms with E-state index in [0.29, 0.717) is 0 Å². The van der Waals surface area contributed by atoms with Crippen LogP contribution in [0.15, 0.2) is 30.3 Å². The summed E-state index contributed by atoms with van der Waals surface area (Å²) in [6.07, 6.45) is 0. The van der Waals surface area contributed by atoms with Gasteiger partial charge in [-0.25, -0.2) is 0 Å². The quantitative estimate of drug-likeness (QED) is 0.710. The average Bonchev–Trinajstić information content (AvgIpc) is 2.36. The molecule has 0 saturated heterocycles. The molecular weight excluding hydrogens is 216 g/mol. The van der Waals surface area contributed by atoms with E-state index >= 15 is 0 Å². The summed E-state index contributed by atoms with van der Waals surface area (Å²) in [4.78, 5) is 12.0. The third-order valence-electron chi connectivity index (χ3n) is 2.88. The molecule has 0 aromatic heterocycles. The van der Waals surface area contributed by atoms with Crippen molar-refractivity contribution in [2.45, 2.75) is 25.4 Å². The van der Waals surface area contributed by atoms with Gasteiger partial charge in [-0.2, -0.15) is 0 Å². The van der Waals surface area contributed by atoms with Gasteiger partial charge in [-0.3, -0.25) is 4.79 Å². The molecule has 1 atom stereocenters. The summed E-state index contributed by atoms with van der Waals surface area (Å²) in [5.41, 5.74) is 0.248. The molecule has 1 rings (SSSR count). The van der Waals surface area contributed by atoms with E-state index in [4.69, 9.17) is 0 Å². The zero-order chi connectivity index (χ0) is 12.9. The van der Waals surface area contributed by atoms with E-state index in [1.807, 2.05) is 30.3 Å². The van der Waals surface area contributed by atoms with Crippen LogP contribution in [0.5, 0.6) is 0 Å². The van der Waals surface area contributed by atoms with E-state index in [2.05, 4.69) is 10.6 Å². The summed E-state index contributed by atoms with van der Waals surface area (Å²) in [7, 11) is 1.73. The van der Waals surface area contributed by atoms with Crippen LogP contribution >= 0.6 is 0 Å². The summed E-state index contributed by atoms with van der Waals surface area (Å²) in [5, 5.41) is 15.1. The number of likely N-dealkylation sites (N-methyl/N-ethyl adjacent to an activating group) is 1. The number of hydrogen-bond donors (Lipinski definition) is 3. The Kier molecular flexibility index (Phi) is 4.66. The molecule has 0 saturated carbocycles. The molecule has 1 aromatic rings. The number of aliphatic hydroxyl groups excluding tert-OH is 1. The molecule has 0 aliphatic carbocycles. The molecular formula is C13H20N2O2. The third kappa shape index (κ3) is 3.54. The molecule has 0 bridgehead atoms. The molecule has 94 valence electrons. The van der Waals surface area contributed by atoms with Gasteiger partial charge in [0.1, 0.15) is 0 Å². The molecule has 3 N–H and O–H groups in total. The van der Waals surface area contributed by atoms with Crippen molar-refractivity contribution >= 4 is 5.91 Å². The first-order valence-corrected chi connectivity index (χ1v) is 5.67. The molecule has 4 nitrogen and oxygen atoms in total. The summed E-state index contributed by atoms with van der Waals surface area (Å²) in [5.74, 6) is -0.136. The van der Waals surface area contributed by atoms with Crippen LogP contribution in [0.1, 0.15) is 25.5 Å². The SMILES string of the molecule is CNC(C)(C)C(=O)NC(CO)c1ccccc1. The molecule has 1 unspecified atom stereocenters. The third-order valence-corrected chi connectivity index (χ3v) is 2.88. The summed E-state index contributed by atoms with van der Waals surface area (Å²) >= 11 is 0. The van der Waals surface area contributed by atoms with E-state index in [-0.39, 0.29) is 18.6 Å². The van der Waals surface area contributed by atoms with Crippen LogP contribution in [0.25, 0.3) is 0 Å². The van der Waals surface area contributed by atoms with Crippen molar-refractivity contribution < 1.29 is 9.90 Å². The predicted molar refractivity (Wildman–Crippen MR) is 67.6 cm³/mol. The summed E-state index contributed by atoms with van der Waals surface area (Å²) in [6.45, 7) is 3.47. The topological polar surface area (TPSA) is 61.4 Å². The lowest BCUT2D eigenvalue weighted by Crippen LogP contribution is -2.52. The number of nitrogens with one attached hydrogen (secondary N) is 2. The van der Waals surface area contributed by atoms with Crippen molar-refractivity contribution in [1.82, 2.24) is 10.6 Å². The Morgan fingerprint density at radius 2 is 1.94 bits per heavy atom. The van der Waals surface area contributed by atoms with Crippen LogP contribution in [0.4, 0.5) is 0 Å². The number of aliphatic hydroxyl groups is 1. The van der Waals surface area contributed by atoms with Crippen LogP contribution < -0.4 is 10.6 Å². The Hall–Kier alpha value is -1.39. The Bertz CT molecular complexity index is 363. The first-order chi connectivity index (χ1) is 8.01. The fourth-order valence-electron chi connectivity index (χ4n) is 1.37. The molecule has 0 fully saturated rings. The highest BCUT2D eigenvalue weighted by molar-refractivity contribution is 5.85. The second kappa shape index (κ2) is 5.80. The van der Waals surface area contributed by atoms with Crippen molar-refractivity contribution in [3.8, 4) is 0 Å². The zero-order valence-corrected chi connectivity index (χ0v) is 10.5. The standard InChI is InChI=1S/C13H20N2O2/c1-13(2,14-3)12(17)15-11(9-16)10-7-5-4-6-8-10/h4-8,11,14,16H,9H2,1-3H3,(H,15,17). The van der Waals surface area contributed by atoms with Gasteiger partial charge in [0, 0.05) is 0 Å². The maximum Gasteiger partial charge on any atom is 0.240 e. The van der Waals surface area contributed by atoms with Crippen molar-refractivity contribution in [1.29, 1.82) is 0 Å². The molecule has 1 aromatic carbocycles. The normalized spacial score (nSPS) is 13.2. The van der Waals surface area contributed by atoms with Gasteiger partial charge in [-0.05, 0) is 26.5 Å². The smallest absolute Gasteiger partial charge is 0.240 e. The Balaban J connectivity index is 2.75. The monoisotopic (exact) mass is 236 g/mol. The number of hydrogen-bond acceptors (Lipinski definition) is 3. The Morgan fingerprint density at radius 3 is 2.41 bits per heavy atom. The van der Waals surface area contributed by atoms with Crippen LogP contribution in [-0.4, -0.2) is 30.2 Å². The molecule has 1 amide bonds. The van der Waals surface area contributed by atoms with Crippen molar-refractivity contribution in [3.05, 3.63) is 35.9 Å². The lowest BCUT2D eigenvalue weighted by Gasteiger charge is -2.26. The van der Waals surface area contributed by atoms with Gasteiger partial charge in [0.05, 0.1) is 18.2 Å². The predicted octanol–water partition coefficient (Wildman–Crippen LogP) is 0.834. The fourth-order valence-corrected chi connectivity index (χ4v) is 1.37. The Labute approximate surface area is 102 Å². The summed E-state index contributed by atoms with van der Waals surface area (Å²) < 4.78 is 0. The van der Waals surface area contributed by atoms with Gasteiger partial charge in [0.25, 0.3) is 0 Å². The molecule has 0 aliphatic heterocycles. The number of carbonyl (C=O) groups excluding carboxylic acids is 1. The lowest BCUT2D eigenvalue weighted by molar-refractivity contribution is -0.127. The number of amides is 1. The zero-order valence-electron chi connectivity index (χ0n) is 10.5. The second-order valence-electron chi connectivity index (χ2n) is 4.49. The first-order valence-electron chi connectivity index (χ1n) is 5.67. The van der Waals surface area contributed by atoms with Crippen LogP contribution in [0, 0.1) is 0 Å². The van der Waals surface area contributed by atoms with Gasteiger partial charge in [-0.1, -0.05) is 30.3 Å². The largest absolute Gasteiger partial charge is 0.394 e. The summed E-state index contributed by atoms with van der Waals surface area (Å²) in [6, 6.07) is 9.07. The highest BCUT2D eigenvalue weighted by Gasteiger charge is 2.27. The minimum atomic E-state index is -0.651. The minimum Gasteiger partial charge on any atom is -0.394 e. The van der Waals surface area contributed by atoms with Crippen LogP contribution in [-0.2, 0) is 4.79 Å². The molecule has 0 spiro atoms. The highest BCUT2D eigenvalue weighted by atomic mass is 16.3. The molecule has 0 heterocycles. The molecule has 0 radical (unpaired) electrons. The Morgan fingerprint density at radius 1 is 1.35 bits per heavy atom. The van der Waals surface area contributed by atoms with E-state index in [9.17, 15) is 9.90 Å². The van der Waals surface area contributed by atoms with E-state index in [0.717, 1.165) is 5.56 Å². The van der Waals surface area contributed by atoms with Crippen LogP contribution in [0.2, 0.25) is 0 Å². The molecule has 17 heavy (non-hydrogen) atoms. The van der Waals surface area contributed by atoms with Gasteiger partial charge >= 0.3 is 0 Å². The number of benzene rings is 1. The molecule has 0 aliphatic rings.